The van der Waals surface area contributed by atoms with Crippen molar-refractivity contribution in [2.45, 2.75) is 39.7 Å². The summed E-state index contributed by atoms with van der Waals surface area (Å²) in [6.45, 7) is 7.89. The van der Waals surface area contributed by atoms with Gasteiger partial charge in [-0.15, -0.1) is 0 Å². The zero-order valence-electron chi connectivity index (χ0n) is 10.7. The van der Waals surface area contributed by atoms with Crippen LogP contribution in [-0.2, 0) is 0 Å². The first-order valence-electron chi connectivity index (χ1n) is 6.47. The predicted octanol–water partition coefficient (Wildman–Crippen LogP) is 3.69. The first-order valence-corrected chi connectivity index (χ1v) is 6.47. The van der Waals surface area contributed by atoms with Crippen molar-refractivity contribution in [2.24, 2.45) is 11.8 Å². The molecule has 1 aromatic rings. The summed E-state index contributed by atoms with van der Waals surface area (Å²) in [6.07, 6.45) is 2.79. The van der Waals surface area contributed by atoms with Crippen molar-refractivity contribution in [2.75, 3.05) is 6.54 Å². The molecule has 0 heterocycles. The van der Waals surface area contributed by atoms with Crippen molar-refractivity contribution in [3.8, 4) is 0 Å². The predicted molar refractivity (Wildman–Crippen MR) is 69.5 cm³/mol. The summed E-state index contributed by atoms with van der Waals surface area (Å²) >= 11 is 0. The molecule has 1 aromatic carbocycles. The highest BCUT2D eigenvalue weighted by Crippen LogP contribution is 2.41. The maximum absolute atomic E-state index is 3.74. The number of hydrogen-bond acceptors (Lipinski definition) is 1. The van der Waals surface area contributed by atoms with Gasteiger partial charge in [0.15, 0.2) is 0 Å². The van der Waals surface area contributed by atoms with Gasteiger partial charge in [-0.1, -0.05) is 38.1 Å². The zero-order chi connectivity index (χ0) is 11.5. The molecule has 0 saturated heterocycles. The number of aryl methyl sites for hydroxylation is 1. The van der Waals surface area contributed by atoms with Crippen LogP contribution in [0.4, 0.5) is 0 Å². The quantitative estimate of drug-likeness (QED) is 0.793. The molecule has 1 unspecified atom stereocenters. The average Bonchev–Trinajstić information content (AvgIpc) is 3.04. The standard InChI is InChI=1S/C15H23N/c1-11(2)10-16-15(13-8-9-13)14-7-5-4-6-12(14)3/h4-7,11,13,15-16H,8-10H2,1-3H3. The molecule has 1 aliphatic rings. The second-order valence-corrected chi connectivity index (χ2v) is 5.47. The molecule has 1 N–H and O–H groups in total. The van der Waals surface area contributed by atoms with Gasteiger partial charge in [0.1, 0.15) is 0 Å². The first-order chi connectivity index (χ1) is 7.68. The van der Waals surface area contributed by atoms with Crippen molar-refractivity contribution in [1.29, 1.82) is 0 Å². The fourth-order valence-corrected chi connectivity index (χ4v) is 2.26. The summed E-state index contributed by atoms with van der Waals surface area (Å²) in [4.78, 5) is 0. The van der Waals surface area contributed by atoms with Crippen LogP contribution in [0.1, 0.15) is 43.9 Å². The molecule has 16 heavy (non-hydrogen) atoms. The van der Waals surface area contributed by atoms with Gasteiger partial charge in [0, 0.05) is 6.04 Å². The Bertz CT molecular complexity index is 339. The van der Waals surface area contributed by atoms with Gasteiger partial charge in [0.25, 0.3) is 0 Å². The molecule has 0 bridgehead atoms. The van der Waals surface area contributed by atoms with E-state index in [1.54, 1.807) is 0 Å². The lowest BCUT2D eigenvalue weighted by molar-refractivity contribution is 0.437. The molecule has 0 aromatic heterocycles. The molecule has 1 heteroatoms. The molecular weight excluding hydrogens is 194 g/mol. The van der Waals surface area contributed by atoms with Crippen LogP contribution in [0, 0.1) is 18.8 Å². The van der Waals surface area contributed by atoms with Gasteiger partial charge in [-0.2, -0.15) is 0 Å². The van der Waals surface area contributed by atoms with Gasteiger partial charge >= 0.3 is 0 Å². The molecule has 88 valence electrons. The average molecular weight is 217 g/mol. The van der Waals surface area contributed by atoms with Gasteiger partial charge in [-0.05, 0) is 49.3 Å². The highest BCUT2D eigenvalue weighted by molar-refractivity contribution is 5.30. The normalized spacial score (nSPS) is 17.8. The van der Waals surface area contributed by atoms with Crippen LogP contribution in [0.25, 0.3) is 0 Å². The molecule has 0 aliphatic heterocycles. The van der Waals surface area contributed by atoms with Crippen LogP contribution >= 0.6 is 0 Å². The second kappa shape index (κ2) is 5.01. The van der Waals surface area contributed by atoms with Crippen molar-refractivity contribution >= 4 is 0 Å². The summed E-state index contributed by atoms with van der Waals surface area (Å²) < 4.78 is 0. The van der Waals surface area contributed by atoms with E-state index < -0.39 is 0 Å². The van der Waals surface area contributed by atoms with Crippen LogP contribution in [0.3, 0.4) is 0 Å². The minimum Gasteiger partial charge on any atom is -0.309 e. The Morgan fingerprint density at radius 1 is 1.25 bits per heavy atom. The molecular formula is C15H23N. The van der Waals surface area contributed by atoms with Gasteiger partial charge < -0.3 is 5.32 Å². The van der Waals surface area contributed by atoms with E-state index in [9.17, 15) is 0 Å². The van der Waals surface area contributed by atoms with E-state index in [2.05, 4.69) is 50.4 Å². The number of rotatable bonds is 5. The molecule has 0 radical (unpaired) electrons. The van der Waals surface area contributed by atoms with Crippen molar-refractivity contribution < 1.29 is 0 Å². The molecule has 1 fully saturated rings. The largest absolute Gasteiger partial charge is 0.309 e. The van der Waals surface area contributed by atoms with E-state index in [1.807, 2.05) is 0 Å². The van der Waals surface area contributed by atoms with E-state index in [4.69, 9.17) is 0 Å². The number of nitrogens with one attached hydrogen (secondary N) is 1. The third kappa shape index (κ3) is 2.85. The van der Waals surface area contributed by atoms with Crippen molar-refractivity contribution in [3.05, 3.63) is 35.4 Å². The third-order valence-corrected chi connectivity index (χ3v) is 3.36. The topological polar surface area (TPSA) is 12.0 Å². The van der Waals surface area contributed by atoms with Crippen molar-refractivity contribution in [1.82, 2.24) is 5.32 Å². The van der Waals surface area contributed by atoms with E-state index in [1.165, 1.54) is 24.0 Å². The molecule has 1 nitrogen and oxygen atoms in total. The van der Waals surface area contributed by atoms with Crippen LogP contribution in [0.2, 0.25) is 0 Å². The van der Waals surface area contributed by atoms with Gasteiger partial charge in [-0.25, -0.2) is 0 Å². The lowest BCUT2D eigenvalue weighted by atomic mass is 9.97. The molecule has 0 amide bonds. The minimum absolute atomic E-state index is 0.587. The lowest BCUT2D eigenvalue weighted by Gasteiger charge is -2.22. The Kier molecular flexibility index (Phi) is 3.65. The van der Waals surface area contributed by atoms with E-state index in [0.29, 0.717) is 6.04 Å². The zero-order valence-corrected chi connectivity index (χ0v) is 10.7. The fourth-order valence-electron chi connectivity index (χ4n) is 2.26. The highest BCUT2D eigenvalue weighted by atomic mass is 14.9. The van der Waals surface area contributed by atoms with Crippen LogP contribution in [-0.4, -0.2) is 6.54 Å². The number of hydrogen-bond donors (Lipinski definition) is 1. The van der Waals surface area contributed by atoms with Crippen LogP contribution < -0.4 is 5.32 Å². The Balaban J connectivity index is 2.10. The monoisotopic (exact) mass is 217 g/mol. The molecule has 1 aliphatic carbocycles. The SMILES string of the molecule is Cc1ccccc1C(NCC(C)C)C1CC1. The lowest BCUT2D eigenvalue weighted by Crippen LogP contribution is -2.27. The second-order valence-electron chi connectivity index (χ2n) is 5.47. The molecule has 1 atom stereocenters. The molecule has 1 saturated carbocycles. The summed E-state index contributed by atoms with van der Waals surface area (Å²) in [6, 6.07) is 9.39. The van der Waals surface area contributed by atoms with Crippen LogP contribution in [0.5, 0.6) is 0 Å². The third-order valence-electron chi connectivity index (χ3n) is 3.36. The molecule has 0 spiro atoms. The molecule has 2 rings (SSSR count). The summed E-state index contributed by atoms with van der Waals surface area (Å²) in [5.41, 5.74) is 2.93. The van der Waals surface area contributed by atoms with E-state index in [-0.39, 0.29) is 0 Å². The Labute approximate surface area is 99.3 Å². The minimum atomic E-state index is 0.587. The summed E-state index contributed by atoms with van der Waals surface area (Å²) in [5, 5.41) is 3.74. The van der Waals surface area contributed by atoms with Gasteiger partial charge in [0.2, 0.25) is 0 Å². The highest BCUT2D eigenvalue weighted by Gasteiger charge is 2.32. The smallest absolute Gasteiger partial charge is 0.0351 e. The van der Waals surface area contributed by atoms with E-state index >= 15 is 0 Å². The van der Waals surface area contributed by atoms with Gasteiger partial charge in [0.05, 0.1) is 0 Å². The summed E-state index contributed by atoms with van der Waals surface area (Å²) in [7, 11) is 0. The Morgan fingerprint density at radius 3 is 2.50 bits per heavy atom. The summed E-state index contributed by atoms with van der Waals surface area (Å²) in [5.74, 6) is 1.60. The Hall–Kier alpha value is -0.820. The number of benzene rings is 1. The maximum Gasteiger partial charge on any atom is 0.0351 e. The first kappa shape index (κ1) is 11.7. The van der Waals surface area contributed by atoms with Gasteiger partial charge in [-0.3, -0.25) is 0 Å². The van der Waals surface area contributed by atoms with Crippen LogP contribution in [0.15, 0.2) is 24.3 Å². The van der Waals surface area contributed by atoms with E-state index in [0.717, 1.165) is 18.4 Å². The fraction of sp³-hybridized carbons (Fsp3) is 0.600. The maximum atomic E-state index is 3.74. The van der Waals surface area contributed by atoms with Crippen molar-refractivity contribution in [3.63, 3.8) is 0 Å². The Morgan fingerprint density at radius 2 is 1.94 bits per heavy atom.